The van der Waals surface area contributed by atoms with E-state index in [1.807, 2.05) is 0 Å². The van der Waals surface area contributed by atoms with E-state index in [1.165, 1.54) is 0 Å². The predicted octanol–water partition coefficient (Wildman–Crippen LogP) is 2.37. The van der Waals surface area contributed by atoms with Crippen molar-refractivity contribution in [3.8, 4) is 0 Å². The van der Waals surface area contributed by atoms with Crippen molar-refractivity contribution in [1.82, 2.24) is 4.90 Å². The summed E-state index contributed by atoms with van der Waals surface area (Å²) in [6.45, 7) is 3.36. The molecule has 0 bridgehead atoms. The zero-order valence-electron chi connectivity index (χ0n) is 12.0. The number of carboxylic acid groups (broad SMARTS) is 1. The van der Waals surface area contributed by atoms with Crippen LogP contribution in [0, 0.1) is 10.1 Å². The van der Waals surface area contributed by atoms with Gasteiger partial charge in [0.1, 0.15) is 6.04 Å². The Morgan fingerprint density at radius 3 is 2.38 bits per heavy atom. The molecule has 1 aliphatic rings. The maximum atomic E-state index is 11.6. The molecule has 0 aromatic heterocycles. The van der Waals surface area contributed by atoms with Crippen LogP contribution in [0.1, 0.15) is 19.4 Å². The van der Waals surface area contributed by atoms with Gasteiger partial charge in [-0.15, -0.1) is 0 Å². The van der Waals surface area contributed by atoms with Gasteiger partial charge in [0.2, 0.25) is 0 Å². The average molecular weight is 288 g/mol. The summed E-state index contributed by atoms with van der Waals surface area (Å²) in [4.78, 5) is 24.2. The lowest BCUT2D eigenvalue weighted by atomic mass is 9.88. The zero-order valence-corrected chi connectivity index (χ0v) is 12.0. The smallest absolute Gasteiger partial charge is 0.338 e. The molecule has 0 amide bonds. The number of likely N-dealkylation sites (N-methyl/N-ethyl adjacent to an activating group) is 1. The van der Waals surface area contributed by atoms with Crippen molar-refractivity contribution in [1.29, 1.82) is 0 Å². The van der Waals surface area contributed by atoms with Crippen molar-refractivity contribution in [3.63, 3.8) is 0 Å². The highest BCUT2D eigenvalue weighted by molar-refractivity contribution is 6.07. The molecule has 0 saturated heterocycles. The van der Waals surface area contributed by atoms with E-state index >= 15 is 0 Å². The lowest BCUT2D eigenvalue weighted by molar-refractivity contribution is -0.431. The van der Waals surface area contributed by atoms with Gasteiger partial charge < -0.3 is 10.0 Å². The Labute approximate surface area is 122 Å². The van der Waals surface area contributed by atoms with E-state index in [9.17, 15) is 20.0 Å². The van der Waals surface area contributed by atoms with Gasteiger partial charge in [-0.2, -0.15) is 0 Å². The molecule has 1 unspecified atom stereocenters. The largest absolute Gasteiger partial charge is 0.478 e. The van der Waals surface area contributed by atoms with Gasteiger partial charge in [-0.1, -0.05) is 30.3 Å². The van der Waals surface area contributed by atoms with Crippen LogP contribution in [0.4, 0.5) is 0 Å². The van der Waals surface area contributed by atoms with Crippen molar-refractivity contribution in [3.05, 3.63) is 63.0 Å². The quantitative estimate of drug-likeness (QED) is 0.682. The Hall–Kier alpha value is -2.63. The molecule has 0 saturated carbocycles. The van der Waals surface area contributed by atoms with Crippen LogP contribution >= 0.6 is 0 Å². The first-order valence-electron chi connectivity index (χ1n) is 6.47. The number of nitrogens with zero attached hydrogens (tertiary/aromatic N) is 2. The van der Waals surface area contributed by atoms with E-state index in [1.54, 1.807) is 56.1 Å². The minimum atomic E-state index is -1.16. The summed E-state index contributed by atoms with van der Waals surface area (Å²) in [6, 6.07) is 8.12. The lowest BCUT2D eigenvalue weighted by Gasteiger charge is -2.32. The third-order valence-electron chi connectivity index (χ3n) is 3.85. The molecule has 2 rings (SSSR count). The van der Waals surface area contributed by atoms with E-state index in [-0.39, 0.29) is 16.8 Å². The van der Waals surface area contributed by atoms with Crippen LogP contribution < -0.4 is 0 Å². The van der Waals surface area contributed by atoms with Gasteiger partial charge >= 0.3 is 5.97 Å². The van der Waals surface area contributed by atoms with Gasteiger partial charge in [0, 0.05) is 12.7 Å². The van der Waals surface area contributed by atoms with Crippen molar-refractivity contribution < 1.29 is 14.8 Å². The third-order valence-corrected chi connectivity index (χ3v) is 3.85. The molecule has 1 aromatic rings. The molecule has 1 N–H and O–H groups in total. The second-order valence-corrected chi connectivity index (χ2v) is 4.94. The van der Waals surface area contributed by atoms with Crippen molar-refractivity contribution in [2.45, 2.75) is 19.9 Å². The van der Waals surface area contributed by atoms with E-state index in [4.69, 9.17) is 0 Å². The summed E-state index contributed by atoms with van der Waals surface area (Å²) in [6.07, 6.45) is 0. The van der Waals surface area contributed by atoms with Crippen LogP contribution in [0.2, 0.25) is 0 Å². The average Bonchev–Trinajstić information content (AvgIpc) is 2.44. The number of aliphatic carboxylic acids is 1. The van der Waals surface area contributed by atoms with Gasteiger partial charge in [-0.3, -0.25) is 10.1 Å². The number of benzene rings is 1. The van der Waals surface area contributed by atoms with Crippen molar-refractivity contribution in [2.75, 3.05) is 7.05 Å². The van der Waals surface area contributed by atoms with Gasteiger partial charge in [0.15, 0.2) is 0 Å². The molecule has 110 valence electrons. The van der Waals surface area contributed by atoms with E-state index < -0.39 is 16.9 Å². The SMILES string of the molecule is CC1=C(C(=O)O)C(c2ccccc2)=C([N+](=O)[O-])C(C)N1C. The number of allylic oxidation sites excluding steroid dienone is 1. The summed E-state index contributed by atoms with van der Waals surface area (Å²) in [7, 11) is 1.66. The van der Waals surface area contributed by atoms with Gasteiger partial charge in [0.25, 0.3) is 5.70 Å². The van der Waals surface area contributed by atoms with Crippen LogP contribution in [-0.2, 0) is 4.79 Å². The molecule has 0 radical (unpaired) electrons. The van der Waals surface area contributed by atoms with Crippen LogP contribution in [0.5, 0.6) is 0 Å². The topological polar surface area (TPSA) is 83.7 Å². The van der Waals surface area contributed by atoms with E-state index in [2.05, 4.69) is 0 Å². The maximum Gasteiger partial charge on any atom is 0.338 e. The molecule has 0 aliphatic carbocycles. The number of hydrogen-bond acceptors (Lipinski definition) is 4. The first-order valence-corrected chi connectivity index (χ1v) is 6.47. The van der Waals surface area contributed by atoms with Crippen LogP contribution in [0.3, 0.4) is 0 Å². The lowest BCUT2D eigenvalue weighted by Crippen LogP contribution is -2.38. The Bertz CT molecular complexity index is 662. The minimum Gasteiger partial charge on any atom is -0.478 e. The molecule has 6 nitrogen and oxygen atoms in total. The summed E-state index contributed by atoms with van der Waals surface area (Å²) >= 11 is 0. The first-order chi connectivity index (χ1) is 9.86. The summed E-state index contributed by atoms with van der Waals surface area (Å²) in [5.74, 6) is -1.16. The molecule has 1 atom stereocenters. The predicted molar refractivity (Wildman–Crippen MR) is 77.9 cm³/mol. The number of rotatable bonds is 3. The summed E-state index contributed by atoms with van der Waals surface area (Å²) in [5, 5.41) is 21.0. The molecule has 21 heavy (non-hydrogen) atoms. The fourth-order valence-corrected chi connectivity index (χ4v) is 2.57. The highest BCUT2D eigenvalue weighted by Crippen LogP contribution is 2.37. The molecular weight excluding hydrogens is 272 g/mol. The summed E-state index contributed by atoms with van der Waals surface area (Å²) in [5.41, 5.74) is 1.14. The second kappa shape index (κ2) is 5.40. The highest BCUT2D eigenvalue weighted by Gasteiger charge is 2.39. The van der Waals surface area contributed by atoms with Gasteiger partial charge in [0.05, 0.1) is 16.1 Å². The Morgan fingerprint density at radius 2 is 1.90 bits per heavy atom. The van der Waals surface area contributed by atoms with E-state index in [0.29, 0.717) is 11.3 Å². The molecule has 0 spiro atoms. The highest BCUT2D eigenvalue weighted by atomic mass is 16.6. The molecule has 1 heterocycles. The Morgan fingerprint density at radius 1 is 1.33 bits per heavy atom. The molecule has 6 heteroatoms. The standard InChI is InChI=1S/C15H16N2O4/c1-9-12(15(18)19)13(11-7-5-4-6-8-11)14(17(20)21)10(2)16(9)3/h4-8,10H,1-3H3,(H,18,19). The first kappa shape index (κ1) is 14.8. The van der Waals surface area contributed by atoms with Crippen molar-refractivity contribution in [2.24, 2.45) is 0 Å². The monoisotopic (exact) mass is 288 g/mol. The normalized spacial score (nSPS) is 19.0. The minimum absolute atomic E-state index is 0.0199. The summed E-state index contributed by atoms with van der Waals surface area (Å²) < 4.78 is 0. The van der Waals surface area contributed by atoms with Crippen LogP contribution in [0.25, 0.3) is 5.57 Å². The number of hydrogen-bond donors (Lipinski definition) is 1. The fourth-order valence-electron chi connectivity index (χ4n) is 2.57. The number of carbonyl (C=O) groups is 1. The maximum absolute atomic E-state index is 11.6. The van der Waals surface area contributed by atoms with Crippen molar-refractivity contribution >= 4 is 11.5 Å². The molecular formula is C15H16N2O4. The molecule has 0 fully saturated rings. The molecule has 1 aromatic carbocycles. The van der Waals surface area contributed by atoms with Crippen LogP contribution in [-0.4, -0.2) is 34.0 Å². The number of carboxylic acids is 1. The van der Waals surface area contributed by atoms with Gasteiger partial charge in [-0.25, -0.2) is 4.79 Å². The third kappa shape index (κ3) is 2.40. The second-order valence-electron chi connectivity index (χ2n) is 4.94. The van der Waals surface area contributed by atoms with Crippen LogP contribution in [0.15, 0.2) is 47.3 Å². The number of nitro groups is 1. The Kier molecular flexibility index (Phi) is 3.80. The fraction of sp³-hybridized carbons (Fsp3) is 0.267. The van der Waals surface area contributed by atoms with E-state index in [0.717, 1.165) is 0 Å². The Balaban J connectivity index is 2.83. The zero-order chi connectivity index (χ0) is 15.7. The van der Waals surface area contributed by atoms with Gasteiger partial charge in [-0.05, 0) is 19.4 Å². The molecule has 1 aliphatic heterocycles.